The quantitative estimate of drug-likeness (QED) is 0.639. The number of fused-ring (bicyclic) bond motifs is 1. The van der Waals surface area contributed by atoms with E-state index in [2.05, 4.69) is 17.5 Å². The van der Waals surface area contributed by atoms with Gasteiger partial charge in [0.25, 0.3) is 0 Å². The van der Waals surface area contributed by atoms with Crippen molar-refractivity contribution >= 4 is 12.1 Å². The Morgan fingerprint density at radius 2 is 2.08 bits per heavy atom. The van der Waals surface area contributed by atoms with Gasteiger partial charge in [0.05, 0.1) is 0 Å². The molecule has 0 radical (unpaired) electrons. The second-order valence-electron chi connectivity index (χ2n) is 6.89. The van der Waals surface area contributed by atoms with Gasteiger partial charge < -0.3 is 9.47 Å². The van der Waals surface area contributed by atoms with Crippen molar-refractivity contribution in [3.63, 3.8) is 0 Å². The van der Waals surface area contributed by atoms with E-state index in [4.69, 9.17) is 9.47 Å². The smallest absolute Gasteiger partial charge is 0.240 e. The normalized spacial score (nSPS) is 18.7. The molecule has 5 nitrogen and oxygen atoms in total. The number of hydrogen-bond acceptors (Lipinski definition) is 4. The van der Waals surface area contributed by atoms with E-state index < -0.39 is 0 Å². The highest BCUT2D eigenvalue weighted by Crippen LogP contribution is 2.33. The molecule has 1 aromatic rings. The molecule has 1 aliphatic heterocycles. The second kappa shape index (κ2) is 8.18. The maximum absolute atomic E-state index is 11.9. The van der Waals surface area contributed by atoms with E-state index in [1.807, 2.05) is 24.4 Å². The molecule has 130 valence electrons. The van der Waals surface area contributed by atoms with Gasteiger partial charge in [0.2, 0.25) is 12.7 Å². The minimum Gasteiger partial charge on any atom is -0.454 e. The molecule has 1 aliphatic carbocycles. The Bertz CT molecular complexity index is 594. The van der Waals surface area contributed by atoms with Crippen LogP contribution >= 0.6 is 0 Å². The Balaban J connectivity index is 1.41. The van der Waals surface area contributed by atoms with Gasteiger partial charge >= 0.3 is 0 Å². The lowest BCUT2D eigenvalue weighted by Crippen LogP contribution is -2.22. The number of amides is 1. The van der Waals surface area contributed by atoms with Crippen molar-refractivity contribution in [2.24, 2.45) is 16.9 Å². The van der Waals surface area contributed by atoms with Crippen LogP contribution in [-0.2, 0) is 11.2 Å². The predicted octanol–water partition coefficient (Wildman–Crippen LogP) is 3.67. The molecule has 0 bridgehead atoms. The van der Waals surface area contributed by atoms with Crippen LogP contribution in [0, 0.1) is 11.8 Å². The number of nitrogens with one attached hydrogen (secondary N) is 1. The first-order valence-electron chi connectivity index (χ1n) is 8.91. The van der Waals surface area contributed by atoms with E-state index in [1.165, 1.54) is 37.7 Å². The van der Waals surface area contributed by atoms with Crippen molar-refractivity contribution in [2.45, 2.75) is 51.9 Å². The summed E-state index contributed by atoms with van der Waals surface area (Å²) < 4.78 is 10.7. The summed E-state index contributed by atoms with van der Waals surface area (Å²) in [6.07, 6.45) is 9.44. The van der Waals surface area contributed by atoms with Crippen LogP contribution in [0.2, 0.25) is 0 Å². The Morgan fingerprint density at radius 3 is 2.92 bits per heavy atom. The molecule has 1 fully saturated rings. The third-order valence-corrected chi connectivity index (χ3v) is 4.71. The van der Waals surface area contributed by atoms with Gasteiger partial charge in [-0.15, -0.1) is 0 Å². The number of carbonyl (C=O) groups excluding carboxylic acids is 1. The number of benzene rings is 1. The van der Waals surface area contributed by atoms with Crippen LogP contribution in [0.25, 0.3) is 0 Å². The van der Waals surface area contributed by atoms with Gasteiger partial charge in [0, 0.05) is 12.6 Å². The van der Waals surface area contributed by atoms with Crippen molar-refractivity contribution < 1.29 is 14.3 Å². The predicted molar refractivity (Wildman–Crippen MR) is 93.3 cm³/mol. The molecular weight excluding hydrogens is 304 g/mol. The van der Waals surface area contributed by atoms with Crippen molar-refractivity contribution in [1.82, 2.24) is 5.43 Å². The van der Waals surface area contributed by atoms with Gasteiger partial charge in [0.15, 0.2) is 11.5 Å². The van der Waals surface area contributed by atoms with Crippen molar-refractivity contribution in [3.8, 4) is 11.5 Å². The molecule has 24 heavy (non-hydrogen) atoms. The minimum absolute atomic E-state index is 0.0356. The van der Waals surface area contributed by atoms with Gasteiger partial charge in [-0.3, -0.25) is 4.79 Å². The number of ether oxygens (including phenoxy) is 2. The average Bonchev–Trinajstić information content (AvgIpc) is 3.03. The zero-order valence-corrected chi connectivity index (χ0v) is 14.3. The van der Waals surface area contributed by atoms with E-state index in [0.29, 0.717) is 19.1 Å². The van der Waals surface area contributed by atoms with Gasteiger partial charge in [0.1, 0.15) is 0 Å². The maximum atomic E-state index is 11.9. The number of hydrogen-bond donors (Lipinski definition) is 1. The van der Waals surface area contributed by atoms with E-state index in [9.17, 15) is 4.79 Å². The van der Waals surface area contributed by atoms with E-state index >= 15 is 0 Å². The van der Waals surface area contributed by atoms with Crippen LogP contribution in [0.3, 0.4) is 0 Å². The molecule has 1 aromatic carbocycles. The molecule has 5 heteroatoms. The fourth-order valence-electron chi connectivity index (χ4n) is 3.43. The first-order valence-corrected chi connectivity index (χ1v) is 8.91. The minimum atomic E-state index is 0.0356. The SMILES string of the molecule is C[C@H](/C=N\NC(=O)CC1CCCCC1)Cc1ccc2c(c1)OCO2. The van der Waals surface area contributed by atoms with Gasteiger partial charge in [-0.25, -0.2) is 5.43 Å². The first-order chi connectivity index (χ1) is 11.7. The molecule has 1 atom stereocenters. The Kier molecular flexibility index (Phi) is 5.72. The molecule has 1 heterocycles. The maximum Gasteiger partial charge on any atom is 0.240 e. The fourth-order valence-corrected chi connectivity index (χ4v) is 3.43. The lowest BCUT2D eigenvalue weighted by atomic mass is 9.87. The highest BCUT2D eigenvalue weighted by molar-refractivity contribution is 5.77. The Labute approximate surface area is 143 Å². The monoisotopic (exact) mass is 330 g/mol. The third-order valence-electron chi connectivity index (χ3n) is 4.71. The summed E-state index contributed by atoms with van der Waals surface area (Å²) in [6.45, 7) is 2.38. The van der Waals surface area contributed by atoms with E-state index in [-0.39, 0.29) is 11.8 Å². The molecule has 3 rings (SSSR count). The van der Waals surface area contributed by atoms with E-state index in [1.54, 1.807) is 0 Å². The van der Waals surface area contributed by atoms with Crippen molar-refractivity contribution in [2.75, 3.05) is 6.79 Å². The van der Waals surface area contributed by atoms with Crippen LogP contribution < -0.4 is 14.9 Å². The fraction of sp³-hybridized carbons (Fsp3) is 0.579. The number of carbonyl (C=O) groups is 1. The molecule has 1 N–H and O–H groups in total. The molecule has 0 saturated heterocycles. The topological polar surface area (TPSA) is 59.9 Å². The van der Waals surface area contributed by atoms with Crippen molar-refractivity contribution in [3.05, 3.63) is 23.8 Å². The first kappa shape index (κ1) is 16.8. The molecule has 2 aliphatic rings. The molecule has 1 amide bonds. The van der Waals surface area contributed by atoms with Crippen LogP contribution in [-0.4, -0.2) is 18.9 Å². The van der Waals surface area contributed by atoms with Crippen LogP contribution in [0.4, 0.5) is 0 Å². The number of hydrazone groups is 1. The summed E-state index contributed by atoms with van der Waals surface area (Å²) in [7, 11) is 0. The lowest BCUT2D eigenvalue weighted by molar-refractivity contribution is -0.122. The Hall–Kier alpha value is -2.04. The summed E-state index contributed by atoms with van der Waals surface area (Å²) in [5.74, 6) is 2.42. The second-order valence-corrected chi connectivity index (χ2v) is 6.89. The zero-order chi connectivity index (χ0) is 16.8. The average molecular weight is 330 g/mol. The standard InChI is InChI=1S/C19H26N2O3/c1-14(9-16-7-8-17-18(10-16)24-13-23-17)12-20-21-19(22)11-15-5-3-2-4-6-15/h7-8,10,12,14-15H,2-6,9,11,13H2,1H3,(H,21,22)/b20-12-/t14-/m0/s1. The van der Waals surface area contributed by atoms with Gasteiger partial charge in [-0.2, -0.15) is 5.10 Å². The molecule has 0 spiro atoms. The summed E-state index contributed by atoms with van der Waals surface area (Å²) in [6, 6.07) is 5.99. The Morgan fingerprint density at radius 1 is 1.29 bits per heavy atom. The van der Waals surface area contributed by atoms with Gasteiger partial charge in [-0.05, 0) is 48.8 Å². The van der Waals surface area contributed by atoms with E-state index in [0.717, 1.165) is 17.9 Å². The largest absolute Gasteiger partial charge is 0.454 e. The third kappa shape index (κ3) is 4.73. The van der Waals surface area contributed by atoms with Crippen LogP contribution in [0.1, 0.15) is 51.0 Å². The van der Waals surface area contributed by atoms with Crippen LogP contribution in [0.15, 0.2) is 23.3 Å². The number of nitrogens with zero attached hydrogens (tertiary/aromatic N) is 1. The highest BCUT2D eigenvalue weighted by Gasteiger charge is 2.17. The highest BCUT2D eigenvalue weighted by atomic mass is 16.7. The molecular formula is C19H26N2O3. The summed E-state index contributed by atoms with van der Waals surface area (Å²) >= 11 is 0. The van der Waals surface area contributed by atoms with Crippen LogP contribution in [0.5, 0.6) is 11.5 Å². The number of rotatable bonds is 6. The molecule has 0 aromatic heterocycles. The van der Waals surface area contributed by atoms with Gasteiger partial charge in [-0.1, -0.05) is 32.3 Å². The summed E-state index contributed by atoms with van der Waals surface area (Å²) in [4.78, 5) is 11.9. The molecule has 0 unspecified atom stereocenters. The summed E-state index contributed by atoms with van der Waals surface area (Å²) in [5.41, 5.74) is 3.85. The zero-order valence-electron chi connectivity index (χ0n) is 14.3. The lowest BCUT2D eigenvalue weighted by Gasteiger charge is -2.20. The van der Waals surface area contributed by atoms with Crippen molar-refractivity contribution in [1.29, 1.82) is 0 Å². The summed E-state index contributed by atoms with van der Waals surface area (Å²) in [5, 5.41) is 4.12. The molecule has 1 saturated carbocycles.